The number of carbonyl (C=O) groups is 3. The number of nitrogens with one attached hydrogen (secondary N) is 2. The highest BCUT2D eigenvalue weighted by molar-refractivity contribution is 5.82. The van der Waals surface area contributed by atoms with E-state index in [1.807, 2.05) is 24.3 Å². The third kappa shape index (κ3) is 4.30. The highest BCUT2D eigenvalue weighted by atomic mass is 16.5. The maximum Gasteiger partial charge on any atom is 0.407 e. The van der Waals surface area contributed by atoms with E-state index in [1.54, 1.807) is 0 Å². The lowest BCUT2D eigenvalue weighted by atomic mass is 9.98. The molecule has 30 heavy (non-hydrogen) atoms. The number of aliphatic carboxylic acids is 1. The number of hydrogen-bond acceptors (Lipinski definition) is 4. The molecule has 0 unspecified atom stereocenters. The van der Waals surface area contributed by atoms with E-state index in [9.17, 15) is 14.4 Å². The van der Waals surface area contributed by atoms with Crippen LogP contribution in [0.4, 0.5) is 4.79 Å². The van der Waals surface area contributed by atoms with Crippen molar-refractivity contribution in [2.45, 2.75) is 18.8 Å². The van der Waals surface area contributed by atoms with Crippen LogP contribution in [0.25, 0.3) is 11.1 Å². The van der Waals surface area contributed by atoms with Gasteiger partial charge in [-0.2, -0.15) is 0 Å². The summed E-state index contributed by atoms with van der Waals surface area (Å²) in [7, 11) is 0. The van der Waals surface area contributed by atoms with Gasteiger partial charge in [0, 0.05) is 24.9 Å². The number of fused-ring (bicyclic) bond motifs is 3. The molecule has 2 aliphatic carbocycles. The van der Waals surface area contributed by atoms with Crippen molar-refractivity contribution in [2.75, 3.05) is 19.7 Å². The van der Waals surface area contributed by atoms with E-state index in [4.69, 9.17) is 9.84 Å². The van der Waals surface area contributed by atoms with E-state index < -0.39 is 12.1 Å². The van der Waals surface area contributed by atoms with E-state index in [1.165, 1.54) is 11.1 Å². The van der Waals surface area contributed by atoms with Gasteiger partial charge in [0.25, 0.3) is 0 Å². The Bertz CT molecular complexity index is 928. The second kappa shape index (κ2) is 8.57. The number of alkyl carbamates (subject to hydrolysis) is 1. The first-order valence-corrected chi connectivity index (χ1v) is 10.1. The maximum absolute atomic E-state index is 12.2. The van der Waals surface area contributed by atoms with Gasteiger partial charge < -0.3 is 20.5 Å². The predicted octanol–water partition coefficient (Wildman–Crippen LogP) is 2.75. The van der Waals surface area contributed by atoms with Crippen molar-refractivity contribution < 1.29 is 24.2 Å². The highest BCUT2D eigenvalue weighted by Gasteiger charge is 2.42. The zero-order valence-corrected chi connectivity index (χ0v) is 16.5. The van der Waals surface area contributed by atoms with Gasteiger partial charge in [-0.1, -0.05) is 48.5 Å². The van der Waals surface area contributed by atoms with Gasteiger partial charge in [-0.3, -0.25) is 9.59 Å². The third-order valence-corrected chi connectivity index (χ3v) is 5.75. The second-order valence-electron chi connectivity index (χ2n) is 7.74. The summed E-state index contributed by atoms with van der Waals surface area (Å²) in [5, 5.41) is 14.0. The fraction of sp³-hybridized carbons (Fsp3) is 0.348. The van der Waals surface area contributed by atoms with Crippen LogP contribution in [-0.4, -0.2) is 42.8 Å². The molecule has 2 aromatic rings. The van der Waals surface area contributed by atoms with Gasteiger partial charge in [0.05, 0.1) is 6.42 Å². The van der Waals surface area contributed by atoms with Crippen LogP contribution >= 0.6 is 0 Å². The monoisotopic (exact) mass is 408 g/mol. The van der Waals surface area contributed by atoms with E-state index in [-0.39, 0.29) is 43.2 Å². The van der Waals surface area contributed by atoms with Crippen molar-refractivity contribution in [1.82, 2.24) is 10.6 Å². The number of carbonyl (C=O) groups excluding carboxylic acids is 2. The van der Waals surface area contributed by atoms with E-state index in [0.717, 1.165) is 11.1 Å². The molecule has 2 amide bonds. The summed E-state index contributed by atoms with van der Waals surface area (Å²) >= 11 is 0. The van der Waals surface area contributed by atoms with Crippen LogP contribution in [0, 0.1) is 11.8 Å². The molecule has 0 aliphatic heterocycles. The summed E-state index contributed by atoms with van der Waals surface area (Å²) in [5.41, 5.74) is 4.67. The molecule has 0 saturated heterocycles. The van der Waals surface area contributed by atoms with Crippen LogP contribution in [0.2, 0.25) is 0 Å². The lowest BCUT2D eigenvalue weighted by molar-refractivity contribution is -0.136. The average Bonchev–Trinajstić information content (AvgIpc) is 3.46. The largest absolute Gasteiger partial charge is 0.481 e. The molecule has 1 saturated carbocycles. The lowest BCUT2D eigenvalue weighted by Gasteiger charge is -2.14. The van der Waals surface area contributed by atoms with Crippen molar-refractivity contribution in [3.05, 3.63) is 59.7 Å². The van der Waals surface area contributed by atoms with Crippen molar-refractivity contribution in [2.24, 2.45) is 11.8 Å². The van der Waals surface area contributed by atoms with Crippen molar-refractivity contribution in [1.29, 1.82) is 0 Å². The molecule has 0 spiro atoms. The Labute approximate surface area is 174 Å². The van der Waals surface area contributed by atoms with E-state index in [2.05, 4.69) is 34.9 Å². The molecule has 0 bridgehead atoms. The fourth-order valence-electron chi connectivity index (χ4n) is 4.08. The second-order valence-corrected chi connectivity index (χ2v) is 7.74. The molecule has 7 nitrogen and oxygen atoms in total. The SMILES string of the molecule is O=C(O)CCNC(=O)[C@@H]1C[C@@H]1CNC(=O)OCC1c2ccccc2-c2ccccc21. The Morgan fingerprint density at radius 2 is 1.60 bits per heavy atom. The number of rotatable bonds is 8. The van der Waals surface area contributed by atoms with Crippen molar-refractivity contribution >= 4 is 18.0 Å². The minimum atomic E-state index is -0.945. The number of benzene rings is 2. The first kappa shape index (κ1) is 19.9. The van der Waals surface area contributed by atoms with Gasteiger partial charge in [0.15, 0.2) is 0 Å². The molecule has 4 rings (SSSR count). The Morgan fingerprint density at radius 3 is 2.23 bits per heavy atom. The van der Waals surface area contributed by atoms with Gasteiger partial charge in [0.1, 0.15) is 6.61 Å². The van der Waals surface area contributed by atoms with Gasteiger partial charge in [-0.25, -0.2) is 4.79 Å². The van der Waals surface area contributed by atoms with Crippen molar-refractivity contribution in [3.63, 3.8) is 0 Å². The van der Waals surface area contributed by atoms with Crippen molar-refractivity contribution in [3.8, 4) is 11.1 Å². The highest BCUT2D eigenvalue weighted by Crippen LogP contribution is 2.44. The summed E-state index contributed by atoms with van der Waals surface area (Å²) in [4.78, 5) is 34.6. The molecule has 0 aromatic heterocycles. The maximum atomic E-state index is 12.2. The normalized spacial score (nSPS) is 18.8. The Balaban J connectivity index is 1.24. The summed E-state index contributed by atoms with van der Waals surface area (Å²) in [6, 6.07) is 16.3. The molecular weight excluding hydrogens is 384 g/mol. The first-order valence-electron chi connectivity index (χ1n) is 10.1. The molecule has 2 atom stereocenters. The summed E-state index contributed by atoms with van der Waals surface area (Å²) < 4.78 is 5.49. The molecule has 0 radical (unpaired) electrons. The molecular formula is C23H24N2O5. The number of ether oxygens (including phenoxy) is 1. The summed E-state index contributed by atoms with van der Waals surface area (Å²) in [6.45, 7) is 0.745. The molecule has 2 aliphatic rings. The van der Waals surface area contributed by atoms with E-state index in [0.29, 0.717) is 13.0 Å². The number of hydrogen-bond donors (Lipinski definition) is 3. The minimum Gasteiger partial charge on any atom is -0.481 e. The molecule has 1 fully saturated rings. The zero-order chi connectivity index (χ0) is 21.1. The van der Waals surface area contributed by atoms with Crippen LogP contribution in [0.15, 0.2) is 48.5 Å². The van der Waals surface area contributed by atoms with Crippen LogP contribution in [-0.2, 0) is 14.3 Å². The number of carboxylic acids is 1. The van der Waals surface area contributed by atoms with Crippen LogP contribution in [0.3, 0.4) is 0 Å². The van der Waals surface area contributed by atoms with Crippen LogP contribution in [0.5, 0.6) is 0 Å². The van der Waals surface area contributed by atoms with Crippen LogP contribution in [0.1, 0.15) is 29.9 Å². The quantitative estimate of drug-likeness (QED) is 0.623. The van der Waals surface area contributed by atoms with E-state index >= 15 is 0 Å². The zero-order valence-electron chi connectivity index (χ0n) is 16.5. The number of carboxylic acid groups (broad SMARTS) is 1. The average molecular weight is 408 g/mol. The molecule has 3 N–H and O–H groups in total. The Kier molecular flexibility index (Phi) is 5.70. The smallest absolute Gasteiger partial charge is 0.407 e. The number of amides is 2. The molecule has 7 heteroatoms. The molecule has 156 valence electrons. The topological polar surface area (TPSA) is 105 Å². The molecule has 2 aromatic carbocycles. The third-order valence-electron chi connectivity index (χ3n) is 5.75. The fourth-order valence-corrected chi connectivity index (χ4v) is 4.08. The van der Waals surface area contributed by atoms with Gasteiger partial charge in [-0.15, -0.1) is 0 Å². The summed E-state index contributed by atoms with van der Waals surface area (Å²) in [6.07, 6.45) is 0.0951. The van der Waals surface area contributed by atoms with Gasteiger partial charge >= 0.3 is 12.1 Å². The predicted molar refractivity (Wildman–Crippen MR) is 110 cm³/mol. The lowest BCUT2D eigenvalue weighted by Crippen LogP contribution is -2.31. The molecule has 0 heterocycles. The summed E-state index contributed by atoms with van der Waals surface area (Å²) in [5.74, 6) is -1.20. The van der Waals surface area contributed by atoms with Gasteiger partial charge in [-0.05, 0) is 34.6 Å². The minimum absolute atomic E-state index is 0.0110. The van der Waals surface area contributed by atoms with Gasteiger partial charge in [0.2, 0.25) is 5.91 Å². The first-order chi connectivity index (χ1) is 14.5. The Morgan fingerprint density at radius 1 is 0.967 bits per heavy atom. The van der Waals surface area contributed by atoms with Crippen LogP contribution < -0.4 is 10.6 Å². The Hall–Kier alpha value is -3.35. The standard InChI is InChI=1S/C23H24N2O5/c26-21(27)9-10-24-22(28)19-11-14(19)12-25-23(29)30-13-20-17-7-3-1-5-15(17)16-6-2-4-8-18(16)20/h1-8,14,19-20H,9-13H2,(H,24,28)(H,25,29)(H,26,27)/t14-,19-/m1/s1.